The molecule has 0 spiro atoms. The first kappa shape index (κ1) is 16.6. The number of pyridine rings is 1. The lowest BCUT2D eigenvalue weighted by atomic mass is 9.94. The number of halogens is 3. The molecule has 1 amide bonds. The van der Waals surface area contributed by atoms with E-state index in [0.717, 1.165) is 48.8 Å². The Kier molecular flexibility index (Phi) is 4.93. The van der Waals surface area contributed by atoms with Crippen LogP contribution in [0.3, 0.4) is 0 Å². The molecule has 0 N–H and O–H groups in total. The SMILES string of the molecule is CN(C(=O)Cn1cc(C(F)(F)F)ccc1=O)C1CCCCC1. The van der Waals surface area contributed by atoms with Gasteiger partial charge in [-0.05, 0) is 18.9 Å². The second-order valence-corrected chi connectivity index (χ2v) is 5.68. The molecular formula is C15H19F3N2O2. The minimum absolute atomic E-state index is 0.114. The van der Waals surface area contributed by atoms with E-state index in [2.05, 4.69) is 0 Å². The van der Waals surface area contributed by atoms with Gasteiger partial charge in [0.2, 0.25) is 5.91 Å². The zero-order valence-corrected chi connectivity index (χ0v) is 12.4. The normalized spacial score (nSPS) is 16.5. The van der Waals surface area contributed by atoms with Gasteiger partial charge >= 0.3 is 6.18 Å². The van der Waals surface area contributed by atoms with Crippen LogP contribution in [0.1, 0.15) is 37.7 Å². The molecule has 1 aliphatic rings. The van der Waals surface area contributed by atoms with Crippen LogP contribution in [-0.4, -0.2) is 28.5 Å². The van der Waals surface area contributed by atoms with Crippen molar-refractivity contribution in [2.45, 2.75) is 50.9 Å². The van der Waals surface area contributed by atoms with Crippen molar-refractivity contribution < 1.29 is 18.0 Å². The Labute approximate surface area is 126 Å². The van der Waals surface area contributed by atoms with Gasteiger partial charge in [-0.15, -0.1) is 0 Å². The maximum absolute atomic E-state index is 12.7. The summed E-state index contributed by atoms with van der Waals surface area (Å²) in [5.74, 6) is -0.340. The Morgan fingerprint density at radius 3 is 2.50 bits per heavy atom. The van der Waals surface area contributed by atoms with E-state index in [1.54, 1.807) is 11.9 Å². The summed E-state index contributed by atoms with van der Waals surface area (Å²) >= 11 is 0. The highest BCUT2D eigenvalue weighted by atomic mass is 19.4. The standard InChI is InChI=1S/C15H19F3N2O2/c1-19(12-5-3-2-4-6-12)14(22)10-20-9-11(15(16,17)18)7-8-13(20)21/h7-9,12H,2-6,10H2,1H3. The first-order chi connectivity index (χ1) is 10.3. The van der Waals surface area contributed by atoms with Crippen LogP contribution < -0.4 is 5.56 Å². The third-order valence-corrected chi connectivity index (χ3v) is 4.13. The molecule has 1 heterocycles. The number of hydrogen-bond acceptors (Lipinski definition) is 2. The number of amides is 1. The molecule has 0 unspecified atom stereocenters. The molecule has 1 saturated carbocycles. The van der Waals surface area contributed by atoms with Gasteiger partial charge in [-0.25, -0.2) is 0 Å². The molecule has 7 heteroatoms. The van der Waals surface area contributed by atoms with Crippen LogP contribution in [0.15, 0.2) is 23.1 Å². The Morgan fingerprint density at radius 1 is 1.27 bits per heavy atom. The minimum Gasteiger partial charge on any atom is -0.341 e. The molecule has 1 aromatic heterocycles. The highest BCUT2D eigenvalue weighted by Crippen LogP contribution is 2.28. The van der Waals surface area contributed by atoms with E-state index >= 15 is 0 Å². The summed E-state index contributed by atoms with van der Waals surface area (Å²) < 4.78 is 38.9. The van der Waals surface area contributed by atoms with Crippen LogP contribution in [0.25, 0.3) is 0 Å². The van der Waals surface area contributed by atoms with Gasteiger partial charge in [-0.3, -0.25) is 9.59 Å². The van der Waals surface area contributed by atoms with Crippen molar-refractivity contribution in [3.63, 3.8) is 0 Å². The smallest absolute Gasteiger partial charge is 0.341 e. The Morgan fingerprint density at radius 2 is 1.91 bits per heavy atom. The fourth-order valence-corrected chi connectivity index (χ4v) is 2.75. The fourth-order valence-electron chi connectivity index (χ4n) is 2.75. The lowest BCUT2D eigenvalue weighted by molar-refractivity contribution is -0.139. The molecule has 0 saturated heterocycles. The largest absolute Gasteiger partial charge is 0.417 e. The van der Waals surface area contributed by atoms with Gasteiger partial charge in [0.25, 0.3) is 5.56 Å². The van der Waals surface area contributed by atoms with E-state index in [1.165, 1.54) is 0 Å². The lowest BCUT2D eigenvalue weighted by Crippen LogP contribution is -2.41. The topological polar surface area (TPSA) is 42.3 Å². The van der Waals surface area contributed by atoms with Gasteiger partial charge in [-0.1, -0.05) is 19.3 Å². The predicted octanol–water partition coefficient (Wildman–Crippen LogP) is 2.66. The van der Waals surface area contributed by atoms with Crippen molar-refractivity contribution >= 4 is 5.91 Å². The highest BCUT2D eigenvalue weighted by molar-refractivity contribution is 5.76. The Bertz CT molecular complexity index is 589. The van der Waals surface area contributed by atoms with Gasteiger partial charge in [0.05, 0.1) is 5.56 Å². The van der Waals surface area contributed by atoms with Gasteiger partial charge in [0.15, 0.2) is 0 Å². The van der Waals surface area contributed by atoms with Crippen molar-refractivity contribution in [2.24, 2.45) is 0 Å². The Hall–Kier alpha value is -1.79. The van der Waals surface area contributed by atoms with Crippen molar-refractivity contribution in [1.82, 2.24) is 9.47 Å². The summed E-state index contributed by atoms with van der Waals surface area (Å²) in [5.41, 5.74) is -1.54. The molecule has 1 aliphatic carbocycles. The summed E-state index contributed by atoms with van der Waals surface area (Å²) in [6, 6.07) is 1.69. The van der Waals surface area contributed by atoms with Gasteiger partial charge < -0.3 is 9.47 Å². The van der Waals surface area contributed by atoms with Gasteiger partial charge in [0.1, 0.15) is 6.54 Å². The maximum Gasteiger partial charge on any atom is 0.417 e. The molecule has 0 radical (unpaired) electrons. The summed E-state index contributed by atoms with van der Waals surface area (Å²) in [4.78, 5) is 25.4. The molecule has 1 fully saturated rings. The summed E-state index contributed by atoms with van der Waals surface area (Å²) in [5, 5.41) is 0. The zero-order chi connectivity index (χ0) is 16.3. The highest BCUT2D eigenvalue weighted by Gasteiger charge is 2.31. The van der Waals surface area contributed by atoms with Crippen molar-refractivity contribution in [3.05, 3.63) is 34.2 Å². The predicted molar refractivity (Wildman–Crippen MR) is 75.3 cm³/mol. The molecule has 1 aromatic rings. The van der Waals surface area contributed by atoms with E-state index in [9.17, 15) is 22.8 Å². The van der Waals surface area contributed by atoms with Crippen LogP contribution in [0.4, 0.5) is 13.2 Å². The summed E-state index contributed by atoms with van der Waals surface area (Å²) in [6.45, 7) is -0.365. The van der Waals surface area contributed by atoms with Crippen LogP contribution in [-0.2, 0) is 17.5 Å². The number of aromatic nitrogens is 1. The molecule has 2 rings (SSSR count). The quantitative estimate of drug-likeness (QED) is 0.860. The minimum atomic E-state index is -4.53. The molecular weight excluding hydrogens is 297 g/mol. The number of hydrogen-bond donors (Lipinski definition) is 0. The van der Waals surface area contributed by atoms with Crippen molar-refractivity contribution in [1.29, 1.82) is 0 Å². The first-order valence-corrected chi connectivity index (χ1v) is 7.32. The van der Waals surface area contributed by atoms with E-state index in [1.807, 2.05) is 0 Å². The van der Waals surface area contributed by atoms with Crippen LogP contribution >= 0.6 is 0 Å². The summed E-state index contributed by atoms with van der Waals surface area (Å²) in [6.07, 6.45) is 1.21. The molecule has 0 aliphatic heterocycles. The Balaban J connectivity index is 2.12. The maximum atomic E-state index is 12.7. The molecule has 0 aromatic carbocycles. The molecule has 0 atom stereocenters. The van der Waals surface area contributed by atoms with Crippen LogP contribution in [0, 0.1) is 0 Å². The number of rotatable bonds is 3. The summed E-state index contributed by atoms with van der Waals surface area (Å²) in [7, 11) is 1.65. The average molecular weight is 316 g/mol. The molecule has 22 heavy (non-hydrogen) atoms. The van der Waals surface area contributed by atoms with Crippen LogP contribution in [0.2, 0.25) is 0 Å². The second kappa shape index (κ2) is 6.54. The fraction of sp³-hybridized carbons (Fsp3) is 0.600. The number of carbonyl (C=O) groups is 1. The van der Waals surface area contributed by atoms with Gasteiger partial charge in [0, 0.05) is 25.4 Å². The van der Waals surface area contributed by atoms with E-state index in [4.69, 9.17) is 0 Å². The lowest BCUT2D eigenvalue weighted by Gasteiger charge is -2.31. The molecule has 122 valence electrons. The van der Waals surface area contributed by atoms with Crippen molar-refractivity contribution in [2.75, 3.05) is 7.05 Å². The van der Waals surface area contributed by atoms with Gasteiger partial charge in [-0.2, -0.15) is 13.2 Å². The van der Waals surface area contributed by atoms with E-state index < -0.39 is 17.3 Å². The number of carbonyl (C=O) groups excluding carboxylic acids is 1. The number of likely N-dealkylation sites (N-methyl/N-ethyl adjacent to an activating group) is 1. The monoisotopic (exact) mass is 316 g/mol. The molecule has 4 nitrogen and oxygen atoms in total. The van der Waals surface area contributed by atoms with E-state index in [0.29, 0.717) is 6.20 Å². The van der Waals surface area contributed by atoms with E-state index in [-0.39, 0.29) is 18.5 Å². The van der Waals surface area contributed by atoms with Crippen LogP contribution in [0.5, 0.6) is 0 Å². The third kappa shape index (κ3) is 3.90. The number of alkyl halides is 3. The van der Waals surface area contributed by atoms with Crippen molar-refractivity contribution in [3.8, 4) is 0 Å². The third-order valence-electron chi connectivity index (χ3n) is 4.13. The first-order valence-electron chi connectivity index (χ1n) is 7.32. The molecule has 0 bridgehead atoms. The number of nitrogens with zero attached hydrogens (tertiary/aromatic N) is 2. The second-order valence-electron chi connectivity index (χ2n) is 5.68. The zero-order valence-electron chi connectivity index (χ0n) is 12.4. The average Bonchev–Trinajstić information content (AvgIpc) is 2.48.